The fraction of sp³-hybridized carbons (Fsp3) is 0.261. The fourth-order valence-corrected chi connectivity index (χ4v) is 3.97. The van der Waals surface area contributed by atoms with Gasteiger partial charge in [0.05, 0.1) is 10.6 Å². The van der Waals surface area contributed by atoms with E-state index in [1.54, 1.807) is 12.1 Å². The van der Waals surface area contributed by atoms with Crippen LogP contribution in [0.5, 0.6) is 0 Å². The maximum atomic E-state index is 12.8. The van der Waals surface area contributed by atoms with Crippen LogP contribution in [-0.2, 0) is 6.42 Å². The van der Waals surface area contributed by atoms with Gasteiger partial charge in [-0.1, -0.05) is 31.5 Å². The predicted molar refractivity (Wildman–Crippen MR) is 109 cm³/mol. The van der Waals surface area contributed by atoms with E-state index in [9.17, 15) is 14.9 Å². The summed E-state index contributed by atoms with van der Waals surface area (Å²) in [5.41, 5.74) is 5.62. The maximum Gasteiger partial charge on any atom is 0.269 e. The SMILES string of the molecule is Cc1ccc(-n2c(-c3ccc([N+](=O)[O-])cc3)cc3c2CC(C)(C)CC3=O)cc1. The number of aromatic nitrogens is 1. The van der Waals surface area contributed by atoms with Crippen LogP contribution in [0, 0.1) is 22.5 Å². The number of Topliss-reactive ketones (excluding diaryl/α,β-unsaturated/α-hetero) is 1. The molecule has 3 aromatic rings. The normalized spacial score (nSPS) is 15.3. The van der Waals surface area contributed by atoms with E-state index in [4.69, 9.17) is 0 Å². The first-order valence-electron chi connectivity index (χ1n) is 9.35. The van der Waals surface area contributed by atoms with Gasteiger partial charge in [-0.2, -0.15) is 0 Å². The average molecular weight is 374 g/mol. The molecule has 142 valence electrons. The Hall–Kier alpha value is -3.21. The number of hydrogen-bond acceptors (Lipinski definition) is 3. The number of hydrogen-bond donors (Lipinski definition) is 0. The van der Waals surface area contributed by atoms with Crippen molar-refractivity contribution in [1.82, 2.24) is 4.57 Å². The van der Waals surface area contributed by atoms with Crippen LogP contribution in [-0.4, -0.2) is 15.3 Å². The van der Waals surface area contributed by atoms with Crippen molar-refractivity contribution in [3.8, 4) is 16.9 Å². The maximum absolute atomic E-state index is 12.8. The highest BCUT2D eigenvalue weighted by Gasteiger charge is 2.35. The molecule has 0 saturated heterocycles. The van der Waals surface area contributed by atoms with Gasteiger partial charge in [0, 0.05) is 35.5 Å². The zero-order chi connectivity index (χ0) is 20.1. The van der Waals surface area contributed by atoms with Crippen LogP contribution in [0.25, 0.3) is 16.9 Å². The molecular weight excluding hydrogens is 352 g/mol. The molecule has 0 spiro atoms. The molecule has 0 N–H and O–H groups in total. The molecule has 0 atom stereocenters. The highest BCUT2D eigenvalue weighted by atomic mass is 16.6. The topological polar surface area (TPSA) is 65.1 Å². The number of carbonyl (C=O) groups excluding carboxylic acids is 1. The van der Waals surface area contributed by atoms with Gasteiger partial charge >= 0.3 is 0 Å². The van der Waals surface area contributed by atoms with Crippen LogP contribution in [0.2, 0.25) is 0 Å². The number of rotatable bonds is 3. The van der Waals surface area contributed by atoms with Gasteiger partial charge in [-0.3, -0.25) is 14.9 Å². The second-order valence-electron chi connectivity index (χ2n) is 8.31. The lowest BCUT2D eigenvalue weighted by atomic mass is 9.76. The summed E-state index contributed by atoms with van der Waals surface area (Å²) in [7, 11) is 0. The number of benzene rings is 2. The van der Waals surface area contributed by atoms with Crippen LogP contribution in [0.4, 0.5) is 5.69 Å². The molecule has 0 radical (unpaired) electrons. The smallest absolute Gasteiger partial charge is 0.269 e. The molecule has 5 heteroatoms. The second kappa shape index (κ2) is 6.44. The monoisotopic (exact) mass is 374 g/mol. The highest BCUT2D eigenvalue weighted by molar-refractivity contribution is 6.00. The molecule has 0 saturated carbocycles. The van der Waals surface area contributed by atoms with Crippen molar-refractivity contribution in [1.29, 1.82) is 0 Å². The third kappa shape index (κ3) is 3.13. The molecule has 1 heterocycles. The van der Waals surface area contributed by atoms with Gasteiger partial charge in [0.2, 0.25) is 0 Å². The summed E-state index contributed by atoms with van der Waals surface area (Å²) in [6, 6.07) is 16.7. The average Bonchev–Trinajstić information content (AvgIpc) is 3.01. The lowest BCUT2D eigenvalue weighted by Crippen LogP contribution is -2.27. The number of nitro groups is 1. The van der Waals surface area contributed by atoms with Crippen LogP contribution >= 0.6 is 0 Å². The summed E-state index contributed by atoms with van der Waals surface area (Å²) in [6.45, 7) is 6.27. The van der Waals surface area contributed by atoms with Gasteiger partial charge in [0.15, 0.2) is 5.78 Å². The number of non-ortho nitro benzene ring substituents is 1. The first-order chi connectivity index (χ1) is 13.2. The van der Waals surface area contributed by atoms with E-state index in [0.29, 0.717) is 6.42 Å². The molecule has 0 bridgehead atoms. The minimum atomic E-state index is -0.403. The Labute approximate surface area is 163 Å². The van der Waals surface area contributed by atoms with E-state index in [-0.39, 0.29) is 16.9 Å². The highest BCUT2D eigenvalue weighted by Crippen LogP contribution is 2.40. The molecule has 1 aliphatic carbocycles. The second-order valence-corrected chi connectivity index (χ2v) is 8.31. The zero-order valence-corrected chi connectivity index (χ0v) is 16.2. The summed E-state index contributed by atoms with van der Waals surface area (Å²) < 4.78 is 2.13. The minimum Gasteiger partial charge on any atom is -0.313 e. The predicted octanol–water partition coefficient (Wildman–Crippen LogP) is 5.52. The van der Waals surface area contributed by atoms with Crippen molar-refractivity contribution in [2.75, 3.05) is 0 Å². The number of fused-ring (bicyclic) bond motifs is 1. The van der Waals surface area contributed by atoms with Gasteiger partial charge in [-0.25, -0.2) is 0 Å². The zero-order valence-electron chi connectivity index (χ0n) is 16.2. The third-order valence-electron chi connectivity index (χ3n) is 5.35. The molecule has 0 aliphatic heterocycles. The summed E-state index contributed by atoms with van der Waals surface area (Å²) in [5.74, 6) is 0.153. The van der Waals surface area contributed by atoms with Gasteiger partial charge < -0.3 is 4.57 Å². The van der Waals surface area contributed by atoms with E-state index in [2.05, 4.69) is 42.7 Å². The van der Waals surface area contributed by atoms with E-state index in [1.807, 2.05) is 13.0 Å². The van der Waals surface area contributed by atoms with Gasteiger partial charge in [-0.15, -0.1) is 0 Å². The van der Waals surface area contributed by atoms with Crippen LogP contribution in [0.1, 0.15) is 41.9 Å². The number of nitro benzene ring substituents is 1. The van der Waals surface area contributed by atoms with E-state index in [1.165, 1.54) is 12.1 Å². The Kier molecular flexibility index (Phi) is 4.18. The lowest BCUT2D eigenvalue weighted by Gasteiger charge is -2.30. The molecule has 0 fully saturated rings. The van der Waals surface area contributed by atoms with Gasteiger partial charge in [0.25, 0.3) is 5.69 Å². The van der Waals surface area contributed by atoms with Gasteiger partial charge in [-0.05, 0) is 54.7 Å². The van der Waals surface area contributed by atoms with Gasteiger partial charge in [0.1, 0.15) is 0 Å². The fourth-order valence-electron chi connectivity index (χ4n) is 3.97. The van der Waals surface area contributed by atoms with Crippen molar-refractivity contribution in [2.24, 2.45) is 5.41 Å². The van der Waals surface area contributed by atoms with Crippen LogP contribution < -0.4 is 0 Å². The molecule has 1 aliphatic rings. The molecule has 28 heavy (non-hydrogen) atoms. The number of ketones is 1. The molecule has 0 unspecified atom stereocenters. The van der Waals surface area contributed by atoms with Crippen molar-refractivity contribution in [3.63, 3.8) is 0 Å². The summed E-state index contributed by atoms with van der Waals surface area (Å²) in [4.78, 5) is 23.4. The van der Waals surface area contributed by atoms with Crippen molar-refractivity contribution >= 4 is 11.5 Å². The summed E-state index contributed by atoms with van der Waals surface area (Å²) in [5, 5.41) is 11.0. The Morgan fingerprint density at radius 3 is 2.25 bits per heavy atom. The Balaban J connectivity index is 1.94. The Bertz CT molecular complexity index is 1070. The summed E-state index contributed by atoms with van der Waals surface area (Å²) in [6.07, 6.45) is 1.33. The van der Waals surface area contributed by atoms with Crippen LogP contribution in [0.15, 0.2) is 54.6 Å². The first-order valence-corrected chi connectivity index (χ1v) is 9.35. The largest absolute Gasteiger partial charge is 0.313 e. The minimum absolute atomic E-state index is 0.0548. The number of carbonyl (C=O) groups is 1. The molecule has 0 amide bonds. The quantitative estimate of drug-likeness (QED) is 0.448. The van der Waals surface area contributed by atoms with E-state index in [0.717, 1.165) is 40.2 Å². The molecule has 5 nitrogen and oxygen atoms in total. The molecule has 2 aromatic carbocycles. The van der Waals surface area contributed by atoms with Crippen molar-refractivity contribution < 1.29 is 9.72 Å². The number of nitrogens with zero attached hydrogens (tertiary/aromatic N) is 2. The van der Waals surface area contributed by atoms with Crippen molar-refractivity contribution in [2.45, 2.75) is 33.6 Å². The lowest BCUT2D eigenvalue weighted by molar-refractivity contribution is -0.384. The van der Waals surface area contributed by atoms with E-state index >= 15 is 0 Å². The standard InChI is InChI=1S/C23H22N2O3/c1-15-4-8-17(9-5-15)24-20(16-6-10-18(11-7-16)25(27)28)12-19-21(24)13-23(2,3)14-22(19)26/h4-12H,13-14H2,1-3H3. The summed E-state index contributed by atoms with van der Waals surface area (Å²) >= 11 is 0. The molecular formula is C23H22N2O3. The first kappa shape index (κ1) is 18.2. The number of aryl methyl sites for hydroxylation is 1. The molecule has 1 aromatic heterocycles. The Morgan fingerprint density at radius 2 is 1.64 bits per heavy atom. The van der Waals surface area contributed by atoms with Crippen molar-refractivity contribution in [3.05, 3.63) is 81.5 Å². The Morgan fingerprint density at radius 1 is 1.00 bits per heavy atom. The third-order valence-corrected chi connectivity index (χ3v) is 5.35. The molecule has 4 rings (SSSR count). The van der Waals surface area contributed by atoms with Crippen LogP contribution in [0.3, 0.4) is 0 Å². The van der Waals surface area contributed by atoms with E-state index < -0.39 is 4.92 Å².